The molecule has 134 valence electrons. The summed E-state index contributed by atoms with van der Waals surface area (Å²) in [4.78, 5) is 6.75. The first kappa shape index (κ1) is 16.5. The summed E-state index contributed by atoms with van der Waals surface area (Å²) in [6, 6.07) is 6.49. The lowest BCUT2D eigenvalue weighted by molar-refractivity contribution is 0.0984. The van der Waals surface area contributed by atoms with Crippen molar-refractivity contribution in [2.45, 2.75) is 32.2 Å². The van der Waals surface area contributed by atoms with Gasteiger partial charge in [-0.2, -0.15) is 10.4 Å². The maximum Gasteiger partial charge on any atom is 0.179 e. The van der Waals surface area contributed by atoms with E-state index in [0.29, 0.717) is 19.0 Å². The third kappa shape index (κ3) is 2.61. The number of nitriles is 1. The van der Waals surface area contributed by atoms with E-state index in [9.17, 15) is 5.26 Å². The Kier molecular flexibility index (Phi) is 3.89. The smallest absolute Gasteiger partial charge is 0.179 e. The van der Waals surface area contributed by atoms with Gasteiger partial charge in [-0.15, -0.1) is 5.10 Å². The number of aromatic nitrogens is 5. The molecule has 4 rings (SSSR count). The number of morpholine rings is 1. The van der Waals surface area contributed by atoms with Gasteiger partial charge in [0.05, 0.1) is 42.5 Å². The molecule has 0 aromatic carbocycles. The van der Waals surface area contributed by atoms with Gasteiger partial charge in [-0.3, -0.25) is 5.10 Å². The van der Waals surface area contributed by atoms with Crippen LogP contribution in [0.25, 0.3) is 17.0 Å². The quantitative estimate of drug-likeness (QED) is 0.777. The molecule has 0 amide bonds. The number of imidazole rings is 1. The zero-order chi connectivity index (χ0) is 18.3. The highest BCUT2D eigenvalue weighted by molar-refractivity contribution is 5.67. The monoisotopic (exact) mass is 351 g/mol. The maximum atomic E-state index is 9.70. The minimum atomic E-state index is -0.667. The Balaban J connectivity index is 1.96. The molecule has 1 unspecified atom stereocenters. The SMILES string of the molecule is CC1COCCN1c1cc(C(C)(C)C#N)c2cnc(-c3ccn[nH]3)n2n1. The molecular formula is C18H21N7O. The van der Waals surface area contributed by atoms with Gasteiger partial charge in [-0.25, -0.2) is 9.50 Å². The molecule has 26 heavy (non-hydrogen) atoms. The highest BCUT2D eigenvalue weighted by Crippen LogP contribution is 2.32. The molecule has 0 aliphatic carbocycles. The third-order valence-corrected chi connectivity index (χ3v) is 4.85. The summed E-state index contributed by atoms with van der Waals surface area (Å²) in [7, 11) is 0. The Labute approximate surface area is 151 Å². The van der Waals surface area contributed by atoms with Gasteiger partial charge in [0.15, 0.2) is 5.82 Å². The van der Waals surface area contributed by atoms with Crippen molar-refractivity contribution in [3.8, 4) is 17.6 Å². The fourth-order valence-electron chi connectivity index (χ4n) is 3.30. The predicted octanol–water partition coefficient (Wildman–Crippen LogP) is 2.15. The molecule has 0 radical (unpaired) electrons. The Bertz CT molecular complexity index is 967. The number of fused-ring (bicyclic) bond motifs is 1. The summed E-state index contributed by atoms with van der Waals surface area (Å²) in [6.07, 6.45) is 3.45. The van der Waals surface area contributed by atoms with Gasteiger partial charge in [-0.05, 0) is 32.9 Å². The van der Waals surface area contributed by atoms with Gasteiger partial charge in [0, 0.05) is 18.3 Å². The largest absolute Gasteiger partial charge is 0.377 e. The van der Waals surface area contributed by atoms with Crippen LogP contribution in [0, 0.1) is 11.3 Å². The van der Waals surface area contributed by atoms with E-state index in [2.05, 4.69) is 33.1 Å². The molecular weight excluding hydrogens is 330 g/mol. The molecule has 0 bridgehead atoms. The van der Waals surface area contributed by atoms with Crippen molar-refractivity contribution < 1.29 is 4.74 Å². The summed E-state index contributed by atoms with van der Waals surface area (Å²) in [5, 5.41) is 21.5. The van der Waals surface area contributed by atoms with Crippen molar-refractivity contribution in [1.82, 2.24) is 24.8 Å². The summed E-state index contributed by atoms with van der Waals surface area (Å²) in [5.41, 5.74) is 1.85. The Morgan fingerprint density at radius 3 is 2.96 bits per heavy atom. The summed E-state index contributed by atoms with van der Waals surface area (Å²) in [6.45, 7) is 8.03. The molecule has 1 fully saturated rings. The second-order valence-electron chi connectivity index (χ2n) is 7.12. The number of H-pyrrole nitrogens is 1. The van der Waals surface area contributed by atoms with Gasteiger partial charge in [0.25, 0.3) is 0 Å². The molecule has 1 N–H and O–H groups in total. The Hall–Kier alpha value is -2.92. The van der Waals surface area contributed by atoms with Crippen LogP contribution in [0.15, 0.2) is 24.5 Å². The molecule has 0 spiro atoms. The minimum Gasteiger partial charge on any atom is -0.377 e. The van der Waals surface area contributed by atoms with Crippen LogP contribution in [0.4, 0.5) is 5.82 Å². The van der Waals surface area contributed by atoms with E-state index < -0.39 is 5.41 Å². The number of anilines is 1. The van der Waals surface area contributed by atoms with Crippen molar-refractivity contribution in [1.29, 1.82) is 5.26 Å². The molecule has 1 aliphatic rings. The highest BCUT2D eigenvalue weighted by atomic mass is 16.5. The normalized spacial score (nSPS) is 18.2. The lowest BCUT2D eigenvalue weighted by atomic mass is 9.86. The number of nitrogens with zero attached hydrogens (tertiary/aromatic N) is 6. The van der Waals surface area contributed by atoms with E-state index in [4.69, 9.17) is 9.84 Å². The molecule has 3 aromatic heterocycles. The number of hydrogen-bond acceptors (Lipinski definition) is 6. The first-order valence-electron chi connectivity index (χ1n) is 8.66. The standard InChI is InChI=1S/C18H21N7O/c1-12-10-26-7-6-24(12)16-8-13(18(2,3)11-19)15-9-20-17(25(15)23-16)14-4-5-21-22-14/h4-5,8-9,12H,6-7,10H2,1-3H3,(H,21,22). The van der Waals surface area contributed by atoms with Gasteiger partial charge in [0.2, 0.25) is 0 Å². The average Bonchev–Trinajstić information content (AvgIpc) is 3.30. The van der Waals surface area contributed by atoms with Crippen molar-refractivity contribution in [3.05, 3.63) is 30.1 Å². The van der Waals surface area contributed by atoms with E-state index >= 15 is 0 Å². The van der Waals surface area contributed by atoms with E-state index in [-0.39, 0.29) is 6.04 Å². The van der Waals surface area contributed by atoms with E-state index in [1.807, 2.05) is 26.0 Å². The van der Waals surface area contributed by atoms with Gasteiger partial charge in [0.1, 0.15) is 11.5 Å². The predicted molar refractivity (Wildman–Crippen MR) is 96.8 cm³/mol. The number of nitrogens with one attached hydrogen (secondary N) is 1. The highest BCUT2D eigenvalue weighted by Gasteiger charge is 2.28. The zero-order valence-corrected chi connectivity index (χ0v) is 15.1. The molecule has 8 nitrogen and oxygen atoms in total. The lowest BCUT2D eigenvalue weighted by Gasteiger charge is -2.34. The summed E-state index contributed by atoms with van der Waals surface area (Å²) >= 11 is 0. The van der Waals surface area contributed by atoms with E-state index in [1.165, 1.54) is 0 Å². The zero-order valence-electron chi connectivity index (χ0n) is 15.1. The number of rotatable bonds is 3. The minimum absolute atomic E-state index is 0.214. The van der Waals surface area contributed by atoms with Crippen LogP contribution < -0.4 is 4.90 Å². The van der Waals surface area contributed by atoms with E-state index in [1.54, 1.807) is 16.9 Å². The number of hydrogen-bond donors (Lipinski definition) is 1. The summed E-state index contributed by atoms with van der Waals surface area (Å²) in [5.74, 6) is 1.50. The van der Waals surface area contributed by atoms with Crippen LogP contribution in [0.5, 0.6) is 0 Å². The second kappa shape index (κ2) is 6.11. The first-order chi connectivity index (χ1) is 12.5. The fraction of sp³-hybridized carbons (Fsp3) is 0.444. The molecule has 8 heteroatoms. The van der Waals surface area contributed by atoms with Crippen LogP contribution in [-0.2, 0) is 10.2 Å². The van der Waals surface area contributed by atoms with Crippen LogP contribution >= 0.6 is 0 Å². The molecule has 1 aliphatic heterocycles. The van der Waals surface area contributed by atoms with Crippen molar-refractivity contribution in [2.24, 2.45) is 0 Å². The Morgan fingerprint density at radius 1 is 1.42 bits per heavy atom. The van der Waals surface area contributed by atoms with Crippen LogP contribution in [0.2, 0.25) is 0 Å². The van der Waals surface area contributed by atoms with Gasteiger partial charge >= 0.3 is 0 Å². The molecule has 1 atom stereocenters. The van der Waals surface area contributed by atoms with Crippen molar-refractivity contribution >= 4 is 11.3 Å². The topological polar surface area (TPSA) is 95.1 Å². The summed E-state index contributed by atoms with van der Waals surface area (Å²) < 4.78 is 7.36. The lowest BCUT2D eigenvalue weighted by Crippen LogP contribution is -2.44. The second-order valence-corrected chi connectivity index (χ2v) is 7.12. The van der Waals surface area contributed by atoms with Gasteiger partial charge < -0.3 is 9.64 Å². The maximum absolute atomic E-state index is 9.70. The number of aromatic amines is 1. The average molecular weight is 351 g/mol. The van der Waals surface area contributed by atoms with Crippen LogP contribution in [0.1, 0.15) is 26.3 Å². The van der Waals surface area contributed by atoms with E-state index in [0.717, 1.165) is 29.1 Å². The van der Waals surface area contributed by atoms with Crippen molar-refractivity contribution in [2.75, 3.05) is 24.7 Å². The molecule has 1 saturated heterocycles. The van der Waals surface area contributed by atoms with Crippen LogP contribution in [-0.4, -0.2) is 50.6 Å². The van der Waals surface area contributed by atoms with Crippen molar-refractivity contribution in [3.63, 3.8) is 0 Å². The Morgan fingerprint density at radius 2 is 2.27 bits per heavy atom. The number of ether oxygens (including phenoxy) is 1. The first-order valence-corrected chi connectivity index (χ1v) is 8.66. The molecule has 4 heterocycles. The van der Waals surface area contributed by atoms with Gasteiger partial charge in [-0.1, -0.05) is 0 Å². The fourth-order valence-corrected chi connectivity index (χ4v) is 3.30. The van der Waals surface area contributed by atoms with Crippen LogP contribution in [0.3, 0.4) is 0 Å². The molecule has 3 aromatic rings. The third-order valence-electron chi connectivity index (χ3n) is 4.85. The molecule has 0 saturated carbocycles.